The predicted molar refractivity (Wildman–Crippen MR) is 108 cm³/mol. The van der Waals surface area contributed by atoms with Crippen LogP contribution in [0, 0.1) is 6.92 Å². The van der Waals surface area contributed by atoms with Gasteiger partial charge in [0.05, 0.1) is 18.3 Å². The van der Waals surface area contributed by atoms with E-state index >= 15 is 0 Å². The predicted octanol–water partition coefficient (Wildman–Crippen LogP) is 3.49. The lowest BCUT2D eigenvalue weighted by atomic mass is 10.1. The van der Waals surface area contributed by atoms with E-state index in [2.05, 4.69) is 29.1 Å². The Bertz CT molecular complexity index is 1070. The van der Waals surface area contributed by atoms with Crippen LogP contribution >= 0.6 is 0 Å². The van der Waals surface area contributed by atoms with Crippen LogP contribution < -0.4 is 0 Å². The zero-order valence-electron chi connectivity index (χ0n) is 16.2. The van der Waals surface area contributed by atoms with Gasteiger partial charge in [-0.3, -0.25) is 4.79 Å². The number of aromatic nitrogens is 2. The highest BCUT2D eigenvalue weighted by molar-refractivity contribution is 5.95. The van der Waals surface area contributed by atoms with Crippen molar-refractivity contribution in [3.8, 4) is 11.3 Å². The van der Waals surface area contributed by atoms with Crippen LogP contribution in [0.2, 0.25) is 0 Å². The monoisotopic (exact) mass is 374 g/mol. The fraction of sp³-hybridized carbons (Fsp3) is 0.227. The molecule has 1 aromatic heterocycles. The van der Waals surface area contributed by atoms with Crippen molar-refractivity contribution in [3.63, 3.8) is 0 Å². The molecule has 6 nitrogen and oxygen atoms in total. The molecule has 0 radical (unpaired) electrons. The second-order valence-electron chi connectivity index (χ2n) is 7.04. The molecule has 6 heteroatoms. The molecule has 3 aromatic rings. The van der Waals surface area contributed by atoms with Gasteiger partial charge in [-0.1, -0.05) is 36.4 Å². The summed E-state index contributed by atoms with van der Waals surface area (Å²) in [7, 11) is 3.49. The second-order valence-corrected chi connectivity index (χ2v) is 7.04. The fourth-order valence-electron chi connectivity index (χ4n) is 3.18. The van der Waals surface area contributed by atoms with Crippen molar-refractivity contribution in [2.24, 2.45) is 5.10 Å². The average molecular weight is 374 g/mol. The van der Waals surface area contributed by atoms with Gasteiger partial charge in [-0.15, -0.1) is 5.10 Å². The van der Waals surface area contributed by atoms with Gasteiger partial charge in [0.25, 0.3) is 5.91 Å². The van der Waals surface area contributed by atoms with Gasteiger partial charge in [0.2, 0.25) is 5.90 Å². The minimum Gasteiger partial charge on any atom is -0.474 e. The maximum atomic E-state index is 12.3. The quantitative estimate of drug-likeness (QED) is 0.702. The molecule has 0 unspecified atom stereocenters. The third kappa shape index (κ3) is 3.41. The molecule has 0 N–H and O–H groups in total. The highest BCUT2D eigenvalue weighted by Gasteiger charge is 2.22. The number of benzene rings is 2. The normalized spacial score (nSPS) is 12.5. The highest BCUT2D eigenvalue weighted by Crippen LogP contribution is 2.25. The molecule has 0 spiro atoms. The lowest BCUT2D eigenvalue weighted by Crippen LogP contribution is -2.21. The van der Waals surface area contributed by atoms with Crippen molar-refractivity contribution in [2.45, 2.75) is 20.0 Å². The molecule has 2 heterocycles. The van der Waals surface area contributed by atoms with Crippen molar-refractivity contribution >= 4 is 11.8 Å². The van der Waals surface area contributed by atoms with Crippen molar-refractivity contribution in [1.29, 1.82) is 0 Å². The molecule has 28 heavy (non-hydrogen) atoms. The van der Waals surface area contributed by atoms with Crippen LogP contribution in [0.15, 0.2) is 59.8 Å². The van der Waals surface area contributed by atoms with E-state index in [0.717, 1.165) is 22.6 Å². The van der Waals surface area contributed by atoms with E-state index in [1.807, 2.05) is 36.4 Å². The first-order valence-electron chi connectivity index (χ1n) is 9.17. The summed E-state index contributed by atoms with van der Waals surface area (Å²) < 4.78 is 7.72. The van der Waals surface area contributed by atoms with E-state index in [4.69, 9.17) is 4.74 Å². The van der Waals surface area contributed by atoms with E-state index in [-0.39, 0.29) is 5.91 Å². The Morgan fingerprint density at radius 1 is 1.18 bits per heavy atom. The Balaban J connectivity index is 1.56. The van der Waals surface area contributed by atoms with Gasteiger partial charge < -0.3 is 9.64 Å². The number of imidazole rings is 1. The van der Waals surface area contributed by atoms with Gasteiger partial charge in [0, 0.05) is 25.2 Å². The van der Waals surface area contributed by atoms with Crippen LogP contribution in [0.25, 0.3) is 11.3 Å². The molecular weight excluding hydrogens is 352 g/mol. The van der Waals surface area contributed by atoms with Crippen molar-refractivity contribution in [2.75, 3.05) is 14.1 Å². The standard InChI is InChI=1S/C22H22N4O2/c1-15-7-4-5-8-18(15)14-28-21-12-20-23-13-19(26(20)24-21)16-9-6-10-17(11-16)22(27)25(2)3/h4-11,13H,12,14H2,1-3H3. The van der Waals surface area contributed by atoms with Crippen LogP contribution in [0.1, 0.15) is 27.3 Å². The first kappa shape index (κ1) is 18.0. The number of carbonyl (C=O) groups excluding carboxylic acids is 1. The smallest absolute Gasteiger partial charge is 0.253 e. The van der Waals surface area contributed by atoms with E-state index in [9.17, 15) is 4.79 Å². The Hall–Kier alpha value is -3.41. The minimum atomic E-state index is -0.0336. The Morgan fingerprint density at radius 2 is 2.00 bits per heavy atom. The largest absolute Gasteiger partial charge is 0.474 e. The van der Waals surface area contributed by atoms with Gasteiger partial charge >= 0.3 is 0 Å². The first-order chi connectivity index (χ1) is 13.5. The van der Waals surface area contributed by atoms with Gasteiger partial charge in [0.15, 0.2) is 0 Å². The maximum absolute atomic E-state index is 12.3. The number of carbonyl (C=O) groups is 1. The molecule has 2 aromatic carbocycles. The summed E-state index contributed by atoms with van der Waals surface area (Å²) in [5, 5.41) is 4.60. The first-order valence-corrected chi connectivity index (χ1v) is 9.17. The van der Waals surface area contributed by atoms with Gasteiger partial charge in [-0.25, -0.2) is 9.66 Å². The molecular formula is C22H22N4O2. The zero-order chi connectivity index (χ0) is 19.7. The number of hydrogen-bond donors (Lipinski definition) is 0. The zero-order valence-corrected chi connectivity index (χ0v) is 16.2. The average Bonchev–Trinajstić information content (AvgIpc) is 3.27. The molecule has 1 aliphatic rings. The lowest BCUT2D eigenvalue weighted by Gasteiger charge is -2.11. The number of hydrogen-bond acceptors (Lipinski definition) is 4. The van der Waals surface area contributed by atoms with Crippen molar-refractivity contribution < 1.29 is 9.53 Å². The van der Waals surface area contributed by atoms with Crippen LogP contribution in [-0.2, 0) is 17.8 Å². The summed E-state index contributed by atoms with van der Waals surface area (Å²) in [6.07, 6.45) is 2.35. The van der Waals surface area contributed by atoms with E-state index in [1.165, 1.54) is 5.56 Å². The maximum Gasteiger partial charge on any atom is 0.253 e. The molecule has 4 rings (SSSR count). The molecule has 0 fully saturated rings. The van der Waals surface area contributed by atoms with Gasteiger partial charge in [-0.2, -0.15) is 0 Å². The summed E-state index contributed by atoms with van der Waals surface area (Å²) in [4.78, 5) is 18.3. The third-order valence-corrected chi connectivity index (χ3v) is 4.80. The minimum absolute atomic E-state index is 0.0336. The Kier molecular flexibility index (Phi) is 4.69. The van der Waals surface area contributed by atoms with Crippen molar-refractivity contribution in [3.05, 3.63) is 77.2 Å². The molecule has 0 saturated heterocycles. The summed E-state index contributed by atoms with van der Waals surface area (Å²) >= 11 is 0. The summed E-state index contributed by atoms with van der Waals surface area (Å²) in [6.45, 7) is 2.55. The second kappa shape index (κ2) is 7.31. The number of amides is 1. The van der Waals surface area contributed by atoms with E-state index in [0.29, 0.717) is 24.5 Å². The van der Waals surface area contributed by atoms with Gasteiger partial charge in [-0.05, 0) is 30.2 Å². The van der Waals surface area contributed by atoms with E-state index in [1.54, 1.807) is 29.9 Å². The fourth-order valence-corrected chi connectivity index (χ4v) is 3.18. The molecule has 0 bridgehead atoms. The number of aryl methyl sites for hydroxylation is 1. The molecule has 0 saturated carbocycles. The van der Waals surface area contributed by atoms with Crippen molar-refractivity contribution in [1.82, 2.24) is 14.6 Å². The summed E-state index contributed by atoms with van der Waals surface area (Å²) in [5.41, 5.74) is 4.72. The number of rotatable bonds is 4. The van der Waals surface area contributed by atoms with Crippen LogP contribution in [0.5, 0.6) is 0 Å². The number of ether oxygens (including phenoxy) is 1. The van der Waals surface area contributed by atoms with Gasteiger partial charge in [0.1, 0.15) is 12.4 Å². The molecule has 0 atom stereocenters. The molecule has 1 aliphatic heterocycles. The van der Waals surface area contributed by atoms with Crippen LogP contribution in [0.3, 0.4) is 0 Å². The Labute approximate surface area is 164 Å². The highest BCUT2D eigenvalue weighted by atomic mass is 16.5. The van der Waals surface area contributed by atoms with Crippen LogP contribution in [-0.4, -0.2) is 40.5 Å². The topological polar surface area (TPSA) is 59.7 Å². The number of fused-ring (bicyclic) bond motifs is 1. The molecule has 0 aliphatic carbocycles. The summed E-state index contributed by atoms with van der Waals surface area (Å²) in [5.74, 6) is 1.45. The Morgan fingerprint density at radius 3 is 2.79 bits per heavy atom. The molecule has 142 valence electrons. The lowest BCUT2D eigenvalue weighted by molar-refractivity contribution is 0.0827. The van der Waals surface area contributed by atoms with Crippen LogP contribution in [0.4, 0.5) is 0 Å². The third-order valence-electron chi connectivity index (χ3n) is 4.80. The molecule has 1 amide bonds. The SMILES string of the molecule is Cc1ccccc1COC1=Nn2c(-c3cccc(C(=O)N(C)C)c3)cnc2C1. The van der Waals surface area contributed by atoms with E-state index < -0.39 is 0 Å². The number of nitrogens with zero attached hydrogens (tertiary/aromatic N) is 4. The summed E-state index contributed by atoms with van der Waals surface area (Å²) in [6, 6.07) is 15.7.